The predicted molar refractivity (Wildman–Crippen MR) is 67.0 cm³/mol. The van der Waals surface area contributed by atoms with Crippen LogP contribution in [0.3, 0.4) is 0 Å². The van der Waals surface area contributed by atoms with E-state index < -0.39 is 18.0 Å². The number of ether oxygens (including phenoxy) is 1. The summed E-state index contributed by atoms with van der Waals surface area (Å²) >= 11 is 1.80. The molecule has 0 aliphatic heterocycles. The molecule has 96 valence electrons. The number of carbonyl (C=O) groups is 1. The van der Waals surface area contributed by atoms with Crippen molar-refractivity contribution in [2.45, 2.75) is 19.8 Å². The summed E-state index contributed by atoms with van der Waals surface area (Å²) in [4.78, 5) is 15.2. The lowest BCUT2D eigenvalue weighted by Crippen LogP contribution is -2.13. The van der Waals surface area contributed by atoms with Crippen molar-refractivity contribution < 1.29 is 18.3 Å². The zero-order valence-corrected chi connectivity index (χ0v) is 11.6. The van der Waals surface area contributed by atoms with Crippen molar-refractivity contribution in [1.82, 2.24) is 4.98 Å². The van der Waals surface area contributed by atoms with Crippen molar-refractivity contribution in [3.8, 4) is 6.07 Å². The summed E-state index contributed by atoms with van der Waals surface area (Å²) in [7, 11) is 0. The SMILES string of the molecule is CCOC(=O)Cc1nc(I)cc(C#N)c1C(F)F. The molecule has 0 N–H and O–H groups in total. The average molecular weight is 366 g/mol. The fraction of sp³-hybridized carbons (Fsp3) is 0.364. The fourth-order valence-electron chi connectivity index (χ4n) is 1.39. The zero-order valence-electron chi connectivity index (χ0n) is 9.41. The van der Waals surface area contributed by atoms with Gasteiger partial charge in [-0.1, -0.05) is 0 Å². The van der Waals surface area contributed by atoms with Crippen molar-refractivity contribution in [2.24, 2.45) is 0 Å². The molecule has 4 nitrogen and oxygen atoms in total. The number of nitrogens with zero attached hydrogens (tertiary/aromatic N) is 2. The summed E-state index contributed by atoms with van der Waals surface area (Å²) < 4.78 is 30.9. The molecule has 0 unspecified atom stereocenters. The normalized spacial score (nSPS) is 10.2. The molecule has 0 saturated heterocycles. The highest BCUT2D eigenvalue weighted by Gasteiger charge is 2.22. The summed E-state index contributed by atoms with van der Waals surface area (Å²) in [6, 6.07) is 2.95. The van der Waals surface area contributed by atoms with E-state index in [0.29, 0.717) is 3.70 Å². The minimum Gasteiger partial charge on any atom is -0.466 e. The van der Waals surface area contributed by atoms with E-state index in [2.05, 4.69) is 9.72 Å². The molecule has 0 aliphatic carbocycles. The number of rotatable bonds is 4. The number of hydrogen-bond acceptors (Lipinski definition) is 4. The highest BCUT2D eigenvalue weighted by Crippen LogP contribution is 2.27. The molecule has 0 radical (unpaired) electrons. The van der Waals surface area contributed by atoms with Crippen LogP contribution in [0.2, 0.25) is 0 Å². The first kappa shape index (κ1) is 14.8. The molecule has 7 heteroatoms. The van der Waals surface area contributed by atoms with Gasteiger partial charge in [-0.15, -0.1) is 0 Å². The van der Waals surface area contributed by atoms with Crippen LogP contribution in [-0.2, 0) is 16.0 Å². The third-order valence-corrected chi connectivity index (χ3v) is 2.61. The topological polar surface area (TPSA) is 63.0 Å². The van der Waals surface area contributed by atoms with Gasteiger partial charge in [-0.25, -0.2) is 13.8 Å². The van der Waals surface area contributed by atoms with Crippen molar-refractivity contribution in [3.05, 3.63) is 26.6 Å². The zero-order chi connectivity index (χ0) is 13.7. The van der Waals surface area contributed by atoms with E-state index in [1.54, 1.807) is 35.6 Å². The van der Waals surface area contributed by atoms with E-state index in [9.17, 15) is 13.6 Å². The Hall–Kier alpha value is -1.30. The lowest BCUT2D eigenvalue weighted by atomic mass is 10.1. The number of aromatic nitrogens is 1. The molecule has 1 aromatic heterocycles. The Kier molecular flexibility index (Phi) is 5.40. The third-order valence-electron chi connectivity index (χ3n) is 2.06. The number of pyridine rings is 1. The number of nitriles is 1. The van der Waals surface area contributed by atoms with Gasteiger partial charge in [-0.2, -0.15) is 5.26 Å². The van der Waals surface area contributed by atoms with Gasteiger partial charge in [0.1, 0.15) is 3.70 Å². The van der Waals surface area contributed by atoms with Gasteiger partial charge in [0.05, 0.1) is 35.9 Å². The summed E-state index contributed by atoms with van der Waals surface area (Å²) in [5.41, 5.74) is -0.762. The first-order chi connectivity index (χ1) is 8.49. The molecule has 0 saturated carbocycles. The quantitative estimate of drug-likeness (QED) is 0.467. The number of esters is 1. The minimum atomic E-state index is -2.85. The van der Waals surface area contributed by atoms with E-state index in [1.807, 2.05) is 0 Å². The Balaban J connectivity index is 3.20. The van der Waals surface area contributed by atoms with Crippen molar-refractivity contribution in [3.63, 3.8) is 0 Å². The van der Waals surface area contributed by atoms with Crippen LogP contribution < -0.4 is 0 Å². The van der Waals surface area contributed by atoms with E-state index in [0.717, 1.165) is 0 Å². The fourth-order valence-corrected chi connectivity index (χ4v) is 2.00. The van der Waals surface area contributed by atoms with Crippen LogP contribution >= 0.6 is 22.6 Å². The van der Waals surface area contributed by atoms with Gasteiger partial charge in [0.25, 0.3) is 6.43 Å². The first-order valence-electron chi connectivity index (χ1n) is 5.02. The summed E-state index contributed by atoms with van der Waals surface area (Å²) in [6.07, 6.45) is -3.22. The van der Waals surface area contributed by atoms with Crippen LogP contribution in [0.5, 0.6) is 0 Å². The maximum atomic E-state index is 12.9. The molecule has 1 heterocycles. The molecule has 0 bridgehead atoms. The lowest BCUT2D eigenvalue weighted by molar-refractivity contribution is -0.142. The molecule has 0 fully saturated rings. The van der Waals surface area contributed by atoms with E-state index >= 15 is 0 Å². The van der Waals surface area contributed by atoms with E-state index in [4.69, 9.17) is 5.26 Å². The van der Waals surface area contributed by atoms with Crippen molar-refractivity contribution in [1.29, 1.82) is 5.26 Å². The van der Waals surface area contributed by atoms with Gasteiger partial charge in [-0.3, -0.25) is 4.79 Å². The monoisotopic (exact) mass is 366 g/mol. The Morgan fingerprint density at radius 1 is 1.67 bits per heavy atom. The standard InChI is InChI=1S/C11H9F2IN2O2/c1-2-18-9(17)4-7-10(11(12)13)6(5-15)3-8(14)16-7/h3,11H,2,4H2,1H3. The molecule has 0 amide bonds. The highest BCUT2D eigenvalue weighted by molar-refractivity contribution is 14.1. The van der Waals surface area contributed by atoms with E-state index in [1.165, 1.54) is 6.07 Å². The molecule has 0 aromatic carbocycles. The molecule has 1 rings (SSSR count). The molecule has 1 aromatic rings. The predicted octanol–water partition coefficient (Wildman–Crippen LogP) is 2.60. The first-order valence-corrected chi connectivity index (χ1v) is 6.10. The Morgan fingerprint density at radius 3 is 2.83 bits per heavy atom. The number of halogens is 3. The molecular formula is C11H9F2IN2O2. The largest absolute Gasteiger partial charge is 0.466 e. The van der Waals surface area contributed by atoms with Crippen molar-refractivity contribution >= 4 is 28.6 Å². The van der Waals surface area contributed by atoms with Crippen LogP contribution in [0.1, 0.15) is 30.2 Å². The van der Waals surface area contributed by atoms with Gasteiger partial charge < -0.3 is 4.74 Å². The maximum Gasteiger partial charge on any atom is 0.311 e. The third kappa shape index (κ3) is 3.60. The van der Waals surface area contributed by atoms with Gasteiger partial charge in [0.2, 0.25) is 0 Å². The summed E-state index contributed by atoms with van der Waals surface area (Å²) in [5.74, 6) is -0.641. The molecule has 0 aliphatic rings. The minimum absolute atomic E-state index is 0.105. The van der Waals surface area contributed by atoms with Crippen LogP contribution in [-0.4, -0.2) is 17.6 Å². The van der Waals surface area contributed by atoms with E-state index in [-0.39, 0.29) is 24.3 Å². The average Bonchev–Trinajstić information content (AvgIpc) is 2.27. The van der Waals surface area contributed by atoms with Crippen molar-refractivity contribution in [2.75, 3.05) is 6.61 Å². The Labute approximate surface area is 116 Å². The number of hydrogen-bond donors (Lipinski definition) is 0. The van der Waals surface area contributed by atoms with Crippen LogP contribution in [0.4, 0.5) is 8.78 Å². The number of carbonyl (C=O) groups excluding carboxylic acids is 1. The second-order valence-corrected chi connectivity index (χ2v) is 4.35. The summed E-state index contributed by atoms with van der Waals surface area (Å²) in [6.45, 7) is 1.78. The molecular weight excluding hydrogens is 357 g/mol. The lowest BCUT2D eigenvalue weighted by Gasteiger charge is -2.10. The molecule has 18 heavy (non-hydrogen) atoms. The van der Waals surface area contributed by atoms with Gasteiger partial charge in [-0.05, 0) is 35.6 Å². The maximum absolute atomic E-state index is 12.9. The van der Waals surface area contributed by atoms with Gasteiger partial charge in [0, 0.05) is 0 Å². The van der Waals surface area contributed by atoms with Gasteiger partial charge >= 0.3 is 5.97 Å². The van der Waals surface area contributed by atoms with Gasteiger partial charge in [0.15, 0.2) is 0 Å². The van der Waals surface area contributed by atoms with Crippen LogP contribution in [0.25, 0.3) is 0 Å². The Morgan fingerprint density at radius 2 is 2.33 bits per heavy atom. The smallest absolute Gasteiger partial charge is 0.311 e. The second kappa shape index (κ2) is 6.58. The molecule has 0 spiro atoms. The van der Waals surface area contributed by atoms with Crippen LogP contribution in [0.15, 0.2) is 6.07 Å². The highest BCUT2D eigenvalue weighted by atomic mass is 127. The summed E-state index contributed by atoms with van der Waals surface area (Å²) in [5, 5.41) is 8.82. The van der Waals surface area contributed by atoms with Crippen LogP contribution in [0, 0.1) is 15.0 Å². The number of alkyl halides is 2. The second-order valence-electron chi connectivity index (χ2n) is 3.25. The molecule has 0 atom stereocenters. The Bertz CT molecular complexity index is 501.